The summed E-state index contributed by atoms with van der Waals surface area (Å²) in [6.45, 7) is 5.77. The molecule has 5 rings (SSSR count). The van der Waals surface area contributed by atoms with Gasteiger partial charge >= 0.3 is 0 Å². The summed E-state index contributed by atoms with van der Waals surface area (Å²) < 4.78 is 0. The minimum atomic E-state index is -2.65. The number of hydrogen-bond donors (Lipinski definition) is 5. The van der Waals surface area contributed by atoms with Crippen LogP contribution in [0.3, 0.4) is 0 Å². The van der Waals surface area contributed by atoms with E-state index < -0.39 is 58.0 Å². The molecule has 0 aromatic heterocycles. The number of phenolic OH excluding ortho intramolecular Hbond substituents is 1. The van der Waals surface area contributed by atoms with Crippen LogP contribution in [-0.4, -0.2) is 100 Å². The number of amides is 1. The molecule has 0 unspecified atom stereocenters. The molecule has 0 saturated heterocycles. The van der Waals surface area contributed by atoms with Crippen LogP contribution in [0.4, 0.5) is 5.69 Å². The monoisotopic (exact) mass is 582 g/mol. The van der Waals surface area contributed by atoms with E-state index in [-0.39, 0.29) is 29.7 Å². The minimum absolute atomic E-state index is 0.0589. The van der Waals surface area contributed by atoms with Crippen LogP contribution in [0.15, 0.2) is 23.0 Å². The van der Waals surface area contributed by atoms with Gasteiger partial charge in [-0.15, -0.1) is 0 Å². The zero-order valence-electron chi connectivity index (χ0n) is 25.1. The number of primary amides is 1. The Morgan fingerprint density at radius 3 is 2.31 bits per heavy atom. The van der Waals surface area contributed by atoms with Crippen LogP contribution >= 0.6 is 0 Å². The Kier molecular flexibility index (Phi) is 7.44. The van der Waals surface area contributed by atoms with Gasteiger partial charge in [0.25, 0.3) is 5.91 Å². The van der Waals surface area contributed by atoms with E-state index in [9.17, 15) is 34.8 Å². The van der Waals surface area contributed by atoms with Crippen molar-refractivity contribution in [2.45, 2.75) is 63.8 Å². The SMILES string of the molecule is CCN(Cc1cc(O)c2c(c1N(C)C)C[C@H]1C[C@H]3[C@H](N(C)C)C(=O)C(C(N)=O)=C(O)[C@@]3(O)C(=O)C1=C2O)[C@H](C)C1CC1. The molecule has 0 radical (unpaired) electrons. The summed E-state index contributed by atoms with van der Waals surface area (Å²) in [6, 6.07) is 0.898. The number of aliphatic hydroxyl groups excluding tert-OH is 2. The highest BCUT2D eigenvalue weighted by molar-refractivity contribution is 6.24. The Balaban J connectivity index is 1.67. The van der Waals surface area contributed by atoms with Crippen molar-refractivity contribution in [2.24, 2.45) is 23.5 Å². The van der Waals surface area contributed by atoms with Crippen LogP contribution in [0.2, 0.25) is 0 Å². The van der Waals surface area contributed by atoms with Crippen LogP contribution in [0.1, 0.15) is 49.8 Å². The van der Waals surface area contributed by atoms with E-state index in [1.807, 2.05) is 19.0 Å². The van der Waals surface area contributed by atoms with Gasteiger partial charge in [0.1, 0.15) is 22.8 Å². The van der Waals surface area contributed by atoms with Gasteiger partial charge in [0, 0.05) is 43.9 Å². The molecule has 4 aliphatic carbocycles. The molecule has 0 heterocycles. The van der Waals surface area contributed by atoms with Crippen molar-refractivity contribution in [1.29, 1.82) is 0 Å². The number of benzene rings is 1. The number of aliphatic hydroxyl groups is 3. The van der Waals surface area contributed by atoms with Gasteiger partial charge in [0.2, 0.25) is 5.78 Å². The third-order valence-electron chi connectivity index (χ3n) is 9.88. The van der Waals surface area contributed by atoms with Crippen LogP contribution in [-0.2, 0) is 27.3 Å². The lowest BCUT2D eigenvalue weighted by atomic mass is 9.57. The lowest BCUT2D eigenvalue weighted by Gasteiger charge is -2.50. The summed E-state index contributed by atoms with van der Waals surface area (Å²) in [5.41, 5.74) is 4.30. The summed E-state index contributed by atoms with van der Waals surface area (Å²) in [6.07, 6.45) is 2.73. The molecule has 11 nitrogen and oxygen atoms in total. The van der Waals surface area contributed by atoms with E-state index in [0.717, 1.165) is 17.8 Å². The van der Waals surface area contributed by atoms with Crippen molar-refractivity contribution in [3.05, 3.63) is 39.7 Å². The molecule has 1 amide bonds. The van der Waals surface area contributed by atoms with E-state index >= 15 is 0 Å². The molecular formula is C31H42N4O7. The maximum atomic E-state index is 14.1. The molecule has 6 N–H and O–H groups in total. The van der Waals surface area contributed by atoms with E-state index in [2.05, 4.69) is 18.7 Å². The molecule has 1 aromatic carbocycles. The Morgan fingerprint density at radius 2 is 1.79 bits per heavy atom. The Labute approximate surface area is 245 Å². The third kappa shape index (κ3) is 4.32. The summed E-state index contributed by atoms with van der Waals surface area (Å²) in [7, 11) is 6.97. The van der Waals surface area contributed by atoms with Gasteiger partial charge in [-0.2, -0.15) is 0 Å². The van der Waals surface area contributed by atoms with E-state index in [4.69, 9.17) is 5.73 Å². The van der Waals surface area contributed by atoms with Gasteiger partial charge in [-0.3, -0.25) is 24.2 Å². The number of likely N-dealkylation sites (N-methyl/N-ethyl adjacent to an activating group) is 1. The summed E-state index contributed by atoms with van der Waals surface area (Å²) in [4.78, 5) is 45.4. The van der Waals surface area contributed by atoms with Crippen molar-refractivity contribution in [1.82, 2.24) is 9.80 Å². The maximum absolute atomic E-state index is 14.1. The molecule has 42 heavy (non-hydrogen) atoms. The van der Waals surface area contributed by atoms with Gasteiger partial charge in [-0.25, -0.2) is 0 Å². The summed E-state index contributed by atoms with van der Waals surface area (Å²) >= 11 is 0. The zero-order valence-corrected chi connectivity index (χ0v) is 25.1. The molecule has 11 heteroatoms. The second-order valence-electron chi connectivity index (χ2n) is 12.8. The predicted octanol–water partition coefficient (Wildman–Crippen LogP) is 1.65. The fourth-order valence-electron chi connectivity index (χ4n) is 7.68. The second kappa shape index (κ2) is 10.4. The smallest absolute Gasteiger partial charge is 0.255 e. The molecule has 2 saturated carbocycles. The van der Waals surface area contributed by atoms with Crippen molar-refractivity contribution in [3.63, 3.8) is 0 Å². The number of hydrogen-bond acceptors (Lipinski definition) is 10. The molecule has 5 atom stereocenters. The van der Waals surface area contributed by atoms with Crippen molar-refractivity contribution in [2.75, 3.05) is 39.6 Å². The molecule has 2 fully saturated rings. The van der Waals surface area contributed by atoms with Crippen LogP contribution in [0.5, 0.6) is 5.75 Å². The molecular weight excluding hydrogens is 540 g/mol. The number of phenols is 1. The van der Waals surface area contributed by atoms with E-state index in [1.54, 1.807) is 20.2 Å². The first-order valence-corrected chi connectivity index (χ1v) is 14.6. The van der Waals surface area contributed by atoms with Gasteiger partial charge in [-0.05, 0) is 82.3 Å². The highest BCUT2D eigenvalue weighted by Gasteiger charge is 2.64. The molecule has 0 bridgehead atoms. The number of fused-ring (bicyclic) bond motifs is 3. The highest BCUT2D eigenvalue weighted by atomic mass is 16.3. The highest BCUT2D eigenvalue weighted by Crippen LogP contribution is 2.54. The van der Waals surface area contributed by atoms with Gasteiger partial charge < -0.3 is 31.1 Å². The van der Waals surface area contributed by atoms with Crippen molar-refractivity contribution >= 4 is 28.9 Å². The second-order valence-corrected chi connectivity index (χ2v) is 12.8. The molecule has 0 aliphatic heterocycles. The van der Waals surface area contributed by atoms with Crippen molar-refractivity contribution in [3.8, 4) is 5.75 Å². The summed E-state index contributed by atoms with van der Waals surface area (Å²) in [5.74, 6) is -5.84. The predicted molar refractivity (Wildman–Crippen MR) is 157 cm³/mol. The van der Waals surface area contributed by atoms with E-state index in [1.165, 1.54) is 17.7 Å². The first kappa shape index (κ1) is 30.1. The number of carbonyl (C=O) groups is 3. The first-order valence-electron chi connectivity index (χ1n) is 14.6. The average molecular weight is 583 g/mol. The number of Topliss-reactive ketones (excluding diaryl/α,β-unsaturated/α-hetero) is 2. The number of nitrogens with two attached hydrogens (primary N) is 1. The molecule has 4 aliphatic rings. The van der Waals surface area contributed by atoms with Gasteiger partial charge in [-0.1, -0.05) is 6.92 Å². The van der Waals surface area contributed by atoms with Crippen LogP contribution in [0.25, 0.3) is 5.76 Å². The number of nitrogens with zero attached hydrogens (tertiary/aromatic N) is 3. The van der Waals surface area contributed by atoms with Gasteiger partial charge in [0.15, 0.2) is 11.4 Å². The lowest BCUT2D eigenvalue weighted by Crippen LogP contribution is -2.65. The quantitative estimate of drug-likeness (QED) is 0.284. The zero-order chi connectivity index (χ0) is 31.0. The first-order chi connectivity index (χ1) is 19.7. The fourth-order valence-corrected chi connectivity index (χ4v) is 7.68. The topological polar surface area (TPSA) is 168 Å². The van der Waals surface area contributed by atoms with Crippen molar-refractivity contribution < 1.29 is 34.8 Å². The molecule has 0 spiro atoms. The van der Waals surface area contributed by atoms with Gasteiger partial charge in [0.05, 0.1) is 11.6 Å². The number of aromatic hydroxyl groups is 1. The number of anilines is 1. The molecule has 228 valence electrons. The number of ketones is 2. The Bertz CT molecular complexity index is 1430. The summed E-state index contributed by atoms with van der Waals surface area (Å²) in [5, 5.41) is 45.7. The molecule has 1 aromatic rings. The lowest BCUT2D eigenvalue weighted by molar-refractivity contribution is -0.153. The van der Waals surface area contributed by atoms with Crippen LogP contribution < -0.4 is 10.6 Å². The number of rotatable bonds is 8. The Morgan fingerprint density at radius 1 is 1.14 bits per heavy atom. The largest absolute Gasteiger partial charge is 0.508 e. The average Bonchev–Trinajstić information content (AvgIpc) is 3.74. The number of carbonyl (C=O) groups excluding carboxylic acids is 3. The van der Waals surface area contributed by atoms with Crippen LogP contribution in [0, 0.1) is 17.8 Å². The maximum Gasteiger partial charge on any atom is 0.255 e. The standard InChI is InChI=1S/C31H42N4O7/c1-7-35(14(2)15-8-9-15)13-17-12-20(36)22-18(24(17)33(3)4)10-16-11-19-25(34(5)6)27(38)23(30(32)41)29(40)31(19,42)28(39)21(16)26(22)37/h12,14-16,19,25,36-37,40,42H,7-11,13H2,1-6H3,(H2,32,41)/t14-,16+,19+,25+,31+/m1/s1. The fraction of sp³-hybridized carbons (Fsp3) is 0.581. The van der Waals surface area contributed by atoms with E-state index in [0.29, 0.717) is 24.1 Å². The minimum Gasteiger partial charge on any atom is -0.508 e. The normalized spacial score (nSPS) is 28.2. The third-order valence-corrected chi connectivity index (χ3v) is 9.88. The Hall–Kier alpha value is -3.41.